The average molecular weight is 358 g/mol. The van der Waals surface area contributed by atoms with Crippen LogP contribution >= 0.6 is 0 Å². The second kappa shape index (κ2) is 10.0. The minimum atomic E-state index is -0.554. The Balaban J connectivity index is 1.99. The quantitative estimate of drug-likeness (QED) is 0.730. The molecule has 26 heavy (non-hydrogen) atoms. The Morgan fingerprint density at radius 3 is 2.19 bits per heavy atom. The first kappa shape index (κ1) is 19.3. The lowest BCUT2D eigenvalue weighted by Gasteiger charge is -2.23. The number of hydroxylamine groups is 1. The van der Waals surface area contributed by atoms with Gasteiger partial charge in [0.2, 0.25) is 0 Å². The zero-order chi connectivity index (χ0) is 18.8. The topological polar surface area (TPSA) is 79.3 Å². The molecule has 0 aliphatic carbocycles. The molecule has 2 aromatic carbocycles. The van der Waals surface area contributed by atoms with E-state index < -0.39 is 12.1 Å². The van der Waals surface area contributed by atoms with Crippen molar-refractivity contribution in [2.75, 3.05) is 38.4 Å². The smallest absolute Gasteiger partial charge is 0.409 e. The number of hydrogen-bond acceptors (Lipinski definition) is 6. The van der Waals surface area contributed by atoms with Crippen molar-refractivity contribution < 1.29 is 24.3 Å². The highest BCUT2D eigenvalue weighted by molar-refractivity contribution is 5.89. The molecular formula is C19H22N2O5. The van der Waals surface area contributed by atoms with E-state index >= 15 is 0 Å². The second-order valence-electron chi connectivity index (χ2n) is 5.44. The van der Waals surface area contributed by atoms with E-state index in [4.69, 9.17) is 14.7 Å². The van der Waals surface area contributed by atoms with Gasteiger partial charge in [0.25, 0.3) is 0 Å². The van der Waals surface area contributed by atoms with E-state index in [0.29, 0.717) is 11.3 Å². The van der Waals surface area contributed by atoms with Crippen molar-refractivity contribution in [3.05, 3.63) is 66.2 Å². The highest BCUT2D eigenvalue weighted by Crippen LogP contribution is 2.15. The molecule has 7 nitrogen and oxygen atoms in total. The summed E-state index contributed by atoms with van der Waals surface area (Å²) >= 11 is 0. The Hall–Kier alpha value is -3.06. The summed E-state index contributed by atoms with van der Waals surface area (Å²) in [4.78, 5) is 30.8. The number of rotatable bonds is 8. The van der Waals surface area contributed by atoms with Crippen LogP contribution < -0.4 is 5.06 Å². The molecule has 0 saturated heterocycles. The molecule has 2 aromatic rings. The van der Waals surface area contributed by atoms with Gasteiger partial charge in [-0.2, -0.15) is 0 Å². The van der Waals surface area contributed by atoms with Gasteiger partial charge in [0, 0.05) is 13.6 Å². The fraction of sp³-hybridized carbons (Fsp3) is 0.263. The van der Waals surface area contributed by atoms with Crippen molar-refractivity contribution in [1.29, 1.82) is 0 Å². The van der Waals surface area contributed by atoms with Gasteiger partial charge < -0.3 is 19.6 Å². The molecule has 2 rings (SSSR count). The second-order valence-corrected chi connectivity index (χ2v) is 5.44. The third-order valence-electron chi connectivity index (χ3n) is 3.51. The van der Waals surface area contributed by atoms with Crippen molar-refractivity contribution in [3.8, 4) is 0 Å². The number of nitrogens with zero attached hydrogens (tertiary/aromatic N) is 2. The van der Waals surface area contributed by atoms with Crippen LogP contribution in [0.1, 0.15) is 10.4 Å². The standard InChI is InChI=1S/C19H22N2O5/c1-20(12-14-22)19(24)25-15-13-21(17-10-6-3-7-11-17)26-18(23)16-8-4-2-5-9-16/h2-11,22H,12-15H2,1H3. The number of carbonyl (C=O) groups excluding carboxylic acids is 2. The lowest BCUT2D eigenvalue weighted by molar-refractivity contribution is 0.0416. The Labute approximate surface area is 152 Å². The first-order valence-corrected chi connectivity index (χ1v) is 8.20. The monoisotopic (exact) mass is 358 g/mol. The van der Waals surface area contributed by atoms with E-state index in [2.05, 4.69) is 0 Å². The minimum absolute atomic E-state index is 0.0194. The largest absolute Gasteiger partial charge is 0.447 e. The molecule has 0 saturated carbocycles. The van der Waals surface area contributed by atoms with E-state index in [1.807, 2.05) is 24.3 Å². The van der Waals surface area contributed by atoms with Gasteiger partial charge >= 0.3 is 12.1 Å². The van der Waals surface area contributed by atoms with Gasteiger partial charge in [-0.1, -0.05) is 36.4 Å². The number of benzene rings is 2. The van der Waals surface area contributed by atoms with Crippen LogP contribution in [0.2, 0.25) is 0 Å². The van der Waals surface area contributed by atoms with Crippen molar-refractivity contribution in [3.63, 3.8) is 0 Å². The average Bonchev–Trinajstić information content (AvgIpc) is 2.68. The Kier molecular flexibility index (Phi) is 7.45. The van der Waals surface area contributed by atoms with Crippen LogP contribution in [0.3, 0.4) is 0 Å². The normalized spacial score (nSPS) is 10.1. The van der Waals surface area contributed by atoms with E-state index in [0.717, 1.165) is 0 Å². The van der Waals surface area contributed by atoms with Gasteiger partial charge in [0.05, 0.1) is 24.4 Å². The fourth-order valence-corrected chi connectivity index (χ4v) is 2.12. The van der Waals surface area contributed by atoms with Crippen molar-refractivity contribution in [2.45, 2.75) is 0 Å². The van der Waals surface area contributed by atoms with E-state index in [1.165, 1.54) is 17.0 Å². The summed E-state index contributed by atoms with van der Waals surface area (Å²) in [5.74, 6) is -0.502. The van der Waals surface area contributed by atoms with Crippen molar-refractivity contribution in [2.24, 2.45) is 0 Å². The molecular weight excluding hydrogens is 336 g/mol. The summed E-state index contributed by atoms with van der Waals surface area (Å²) < 4.78 is 5.14. The predicted octanol–water partition coefficient (Wildman–Crippen LogP) is 2.33. The molecule has 1 N–H and O–H groups in total. The van der Waals surface area contributed by atoms with Gasteiger partial charge in [-0.3, -0.25) is 0 Å². The molecule has 0 aliphatic rings. The summed E-state index contributed by atoms with van der Waals surface area (Å²) in [5.41, 5.74) is 1.09. The van der Waals surface area contributed by atoms with E-state index in [1.54, 1.807) is 36.4 Å². The molecule has 0 atom stereocenters. The Morgan fingerprint density at radius 2 is 1.58 bits per heavy atom. The molecule has 0 aromatic heterocycles. The molecule has 0 radical (unpaired) electrons. The van der Waals surface area contributed by atoms with Crippen LogP contribution in [0, 0.1) is 0 Å². The molecule has 0 bridgehead atoms. The number of aliphatic hydroxyl groups excluding tert-OH is 1. The van der Waals surface area contributed by atoms with Gasteiger partial charge in [-0.05, 0) is 24.3 Å². The highest BCUT2D eigenvalue weighted by Gasteiger charge is 2.16. The number of hydrogen-bond donors (Lipinski definition) is 1. The van der Waals surface area contributed by atoms with Gasteiger partial charge in [0.1, 0.15) is 6.61 Å². The summed E-state index contributed by atoms with van der Waals surface area (Å²) in [6.45, 7) is 0.230. The molecule has 0 aliphatic heterocycles. The summed E-state index contributed by atoms with van der Waals surface area (Å²) in [6, 6.07) is 17.7. The molecule has 0 unspecified atom stereocenters. The number of amides is 1. The van der Waals surface area contributed by atoms with Crippen LogP contribution in [-0.4, -0.2) is 55.4 Å². The number of likely N-dealkylation sites (N-methyl/N-ethyl adjacent to an activating group) is 1. The first-order valence-electron chi connectivity index (χ1n) is 8.20. The summed E-state index contributed by atoms with van der Waals surface area (Å²) in [6.07, 6.45) is -0.554. The SMILES string of the molecule is CN(CCO)C(=O)OCCN(OC(=O)c1ccccc1)c1ccccc1. The minimum Gasteiger partial charge on any atom is -0.447 e. The maximum atomic E-state index is 12.3. The maximum absolute atomic E-state index is 12.3. The number of carbonyl (C=O) groups is 2. The number of aliphatic hydroxyl groups is 1. The summed E-state index contributed by atoms with van der Waals surface area (Å²) in [7, 11) is 1.53. The lowest BCUT2D eigenvalue weighted by Crippen LogP contribution is -2.34. The zero-order valence-corrected chi connectivity index (χ0v) is 14.6. The molecule has 1 amide bonds. The molecule has 0 heterocycles. The third-order valence-corrected chi connectivity index (χ3v) is 3.51. The maximum Gasteiger partial charge on any atom is 0.409 e. The van der Waals surface area contributed by atoms with Gasteiger partial charge in [-0.15, -0.1) is 0 Å². The van der Waals surface area contributed by atoms with Crippen molar-refractivity contribution in [1.82, 2.24) is 4.90 Å². The number of para-hydroxylation sites is 1. The van der Waals surface area contributed by atoms with Crippen LogP contribution in [0.15, 0.2) is 60.7 Å². The van der Waals surface area contributed by atoms with Gasteiger partial charge in [-0.25, -0.2) is 14.7 Å². The van der Waals surface area contributed by atoms with Gasteiger partial charge in [0.15, 0.2) is 0 Å². The highest BCUT2D eigenvalue weighted by atomic mass is 16.7. The Morgan fingerprint density at radius 1 is 0.962 bits per heavy atom. The predicted molar refractivity (Wildman–Crippen MR) is 96.7 cm³/mol. The fourth-order valence-electron chi connectivity index (χ4n) is 2.12. The van der Waals surface area contributed by atoms with E-state index in [-0.39, 0.29) is 26.3 Å². The molecule has 138 valence electrons. The van der Waals surface area contributed by atoms with E-state index in [9.17, 15) is 9.59 Å². The molecule has 7 heteroatoms. The molecule has 0 spiro atoms. The zero-order valence-electron chi connectivity index (χ0n) is 14.6. The molecule has 0 fully saturated rings. The first-order chi connectivity index (χ1) is 12.6. The number of anilines is 1. The van der Waals surface area contributed by atoms with Crippen LogP contribution in [-0.2, 0) is 9.57 Å². The summed E-state index contributed by atoms with van der Waals surface area (Å²) in [5, 5.41) is 10.2. The lowest BCUT2D eigenvalue weighted by atomic mass is 10.2. The van der Waals surface area contributed by atoms with Crippen LogP contribution in [0.25, 0.3) is 0 Å². The third kappa shape index (κ3) is 5.78. The van der Waals surface area contributed by atoms with Crippen molar-refractivity contribution >= 4 is 17.7 Å². The van der Waals surface area contributed by atoms with Crippen LogP contribution in [0.5, 0.6) is 0 Å². The van der Waals surface area contributed by atoms with Crippen LogP contribution in [0.4, 0.5) is 10.5 Å². The number of ether oxygens (including phenoxy) is 1. The Bertz CT molecular complexity index is 694.